The molecule has 0 atom stereocenters. The smallest absolute Gasteiger partial charge is 0.160 e. The normalized spacial score (nSPS) is 9.47. The summed E-state index contributed by atoms with van der Waals surface area (Å²) in [5.74, 6) is 0. The Morgan fingerprint density at radius 3 is 2.41 bits per heavy atom. The first-order valence-corrected chi connectivity index (χ1v) is 7.63. The first-order valence-electron chi connectivity index (χ1n) is 5.88. The van der Waals surface area contributed by atoms with Gasteiger partial charge in [0.2, 0.25) is 0 Å². The highest BCUT2D eigenvalue weighted by atomic mass is 32.1. The van der Waals surface area contributed by atoms with Gasteiger partial charge in [-0.1, -0.05) is 31.9 Å². The Morgan fingerprint density at radius 2 is 1.94 bits per heavy atom. The number of aryl methyl sites for hydroxylation is 1. The third-order valence-corrected chi connectivity index (χ3v) is 3.95. The number of carbonyl (C=O) groups is 1. The van der Waals surface area contributed by atoms with Gasteiger partial charge in [-0.25, -0.2) is 0 Å². The van der Waals surface area contributed by atoms with E-state index in [4.69, 9.17) is 0 Å². The van der Waals surface area contributed by atoms with Crippen LogP contribution in [0.4, 0.5) is 0 Å². The summed E-state index contributed by atoms with van der Waals surface area (Å²) in [4.78, 5) is 12.5. The van der Waals surface area contributed by atoms with Crippen LogP contribution in [0.3, 0.4) is 0 Å². The van der Waals surface area contributed by atoms with E-state index in [-0.39, 0.29) is 0 Å². The molecule has 0 spiro atoms. The van der Waals surface area contributed by atoms with E-state index in [2.05, 4.69) is 13.0 Å². The maximum atomic E-state index is 10.4. The van der Waals surface area contributed by atoms with Crippen LogP contribution in [-0.2, 0) is 6.42 Å². The zero-order valence-electron chi connectivity index (χ0n) is 10.1. The van der Waals surface area contributed by atoms with Crippen LogP contribution in [0.5, 0.6) is 0 Å². The maximum Gasteiger partial charge on any atom is 0.160 e. The second kappa shape index (κ2) is 9.14. The highest BCUT2D eigenvalue weighted by molar-refractivity contribution is 7.13. The quantitative estimate of drug-likeness (QED) is 0.547. The average molecular weight is 266 g/mol. The Kier molecular flexibility index (Phi) is 7.60. The highest BCUT2D eigenvalue weighted by Crippen LogP contribution is 2.17. The van der Waals surface area contributed by atoms with Crippen LogP contribution in [0.15, 0.2) is 35.0 Å². The SMILES string of the molecule is CCCCCc1ccc(C=O)s1.c1ccsc1. The number of unbranched alkanes of at least 4 members (excludes halogenated alkanes) is 2. The summed E-state index contributed by atoms with van der Waals surface area (Å²) in [7, 11) is 0. The van der Waals surface area contributed by atoms with Crippen LogP contribution in [0.1, 0.15) is 40.7 Å². The van der Waals surface area contributed by atoms with Crippen molar-refractivity contribution < 1.29 is 4.79 Å². The predicted octanol–water partition coefficient (Wildman–Crippen LogP) is 5.04. The van der Waals surface area contributed by atoms with E-state index in [1.54, 1.807) is 22.7 Å². The molecule has 0 aliphatic carbocycles. The van der Waals surface area contributed by atoms with Crippen molar-refractivity contribution in [2.75, 3.05) is 0 Å². The minimum atomic E-state index is 0.849. The van der Waals surface area contributed by atoms with E-state index in [1.807, 2.05) is 29.0 Å². The molecular weight excluding hydrogens is 248 g/mol. The summed E-state index contributed by atoms with van der Waals surface area (Å²) in [5, 5.41) is 4.08. The van der Waals surface area contributed by atoms with Crippen molar-refractivity contribution in [2.45, 2.75) is 32.6 Å². The van der Waals surface area contributed by atoms with Crippen LogP contribution in [0.2, 0.25) is 0 Å². The molecule has 0 N–H and O–H groups in total. The lowest BCUT2D eigenvalue weighted by Gasteiger charge is -1.93. The molecule has 17 heavy (non-hydrogen) atoms. The van der Waals surface area contributed by atoms with Crippen molar-refractivity contribution in [3.63, 3.8) is 0 Å². The maximum absolute atomic E-state index is 10.4. The molecule has 0 unspecified atom stereocenters. The lowest BCUT2D eigenvalue weighted by Crippen LogP contribution is -1.78. The fourth-order valence-electron chi connectivity index (χ4n) is 1.37. The molecule has 0 radical (unpaired) electrons. The van der Waals surface area contributed by atoms with E-state index in [1.165, 1.54) is 24.1 Å². The van der Waals surface area contributed by atoms with Crippen molar-refractivity contribution in [2.24, 2.45) is 0 Å². The molecule has 2 heterocycles. The third kappa shape index (κ3) is 6.39. The first-order chi connectivity index (χ1) is 8.36. The van der Waals surface area contributed by atoms with Crippen LogP contribution in [0.25, 0.3) is 0 Å². The van der Waals surface area contributed by atoms with Crippen LogP contribution < -0.4 is 0 Å². The summed E-state index contributed by atoms with van der Waals surface area (Å²) in [6.45, 7) is 2.20. The molecule has 2 rings (SSSR count). The molecule has 3 heteroatoms. The Bertz CT molecular complexity index is 373. The van der Waals surface area contributed by atoms with Gasteiger partial charge in [0.25, 0.3) is 0 Å². The lowest BCUT2D eigenvalue weighted by molar-refractivity contribution is 0.112. The molecule has 0 aliphatic heterocycles. The number of rotatable bonds is 5. The van der Waals surface area contributed by atoms with Gasteiger partial charge in [0, 0.05) is 4.88 Å². The minimum Gasteiger partial charge on any atom is -0.297 e. The molecule has 2 aromatic heterocycles. The Morgan fingerprint density at radius 1 is 1.18 bits per heavy atom. The largest absolute Gasteiger partial charge is 0.297 e. The highest BCUT2D eigenvalue weighted by Gasteiger charge is 1.97. The summed E-state index contributed by atoms with van der Waals surface area (Å²) >= 11 is 3.33. The fourth-order valence-corrected chi connectivity index (χ4v) is 2.69. The van der Waals surface area contributed by atoms with E-state index >= 15 is 0 Å². The van der Waals surface area contributed by atoms with Gasteiger partial charge in [-0.05, 0) is 35.7 Å². The van der Waals surface area contributed by atoms with E-state index in [0.29, 0.717) is 0 Å². The van der Waals surface area contributed by atoms with Gasteiger partial charge in [0.1, 0.15) is 0 Å². The Labute approximate surface area is 111 Å². The third-order valence-electron chi connectivity index (χ3n) is 2.25. The number of carbonyl (C=O) groups excluding carboxylic acids is 1. The van der Waals surface area contributed by atoms with Gasteiger partial charge >= 0.3 is 0 Å². The van der Waals surface area contributed by atoms with Crippen LogP contribution in [0, 0.1) is 0 Å². The monoisotopic (exact) mass is 266 g/mol. The van der Waals surface area contributed by atoms with Crippen molar-refractivity contribution >= 4 is 29.0 Å². The van der Waals surface area contributed by atoms with Gasteiger partial charge < -0.3 is 0 Å². The summed E-state index contributed by atoms with van der Waals surface area (Å²) in [6, 6.07) is 8.00. The number of aldehydes is 1. The van der Waals surface area contributed by atoms with E-state index in [9.17, 15) is 4.79 Å². The fraction of sp³-hybridized carbons (Fsp3) is 0.357. The molecule has 0 bridgehead atoms. The molecule has 0 fully saturated rings. The van der Waals surface area contributed by atoms with Crippen molar-refractivity contribution in [1.82, 2.24) is 0 Å². The van der Waals surface area contributed by atoms with E-state index < -0.39 is 0 Å². The molecule has 2 aromatic rings. The van der Waals surface area contributed by atoms with Crippen molar-refractivity contribution in [3.05, 3.63) is 44.8 Å². The first kappa shape index (κ1) is 14.1. The van der Waals surface area contributed by atoms with Crippen LogP contribution in [-0.4, -0.2) is 6.29 Å². The van der Waals surface area contributed by atoms with Gasteiger partial charge in [0.15, 0.2) is 6.29 Å². The molecule has 92 valence electrons. The van der Waals surface area contributed by atoms with Crippen molar-refractivity contribution in [3.8, 4) is 0 Å². The lowest BCUT2D eigenvalue weighted by atomic mass is 10.2. The second-order valence-corrected chi connectivity index (χ2v) is 5.69. The molecule has 0 aliphatic rings. The van der Waals surface area contributed by atoms with Gasteiger partial charge in [-0.15, -0.1) is 11.3 Å². The molecule has 0 saturated heterocycles. The average Bonchev–Trinajstić information content (AvgIpc) is 3.04. The summed E-state index contributed by atoms with van der Waals surface area (Å²) < 4.78 is 0. The topological polar surface area (TPSA) is 17.1 Å². The number of hydrogen-bond donors (Lipinski definition) is 0. The zero-order valence-corrected chi connectivity index (χ0v) is 11.7. The van der Waals surface area contributed by atoms with Crippen LogP contribution >= 0.6 is 22.7 Å². The minimum absolute atomic E-state index is 0.849. The van der Waals surface area contributed by atoms with E-state index in [0.717, 1.165) is 17.6 Å². The van der Waals surface area contributed by atoms with Gasteiger partial charge in [-0.3, -0.25) is 4.79 Å². The zero-order chi connectivity index (χ0) is 12.3. The van der Waals surface area contributed by atoms with Crippen molar-refractivity contribution in [1.29, 1.82) is 0 Å². The summed E-state index contributed by atoms with van der Waals surface area (Å²) in [6.07, 6.45) is 5.84. The summed E-state index contributed by atoms with van der Waals surface area (Å²) in [5.41, 5.74) is 0. The second-order valence-electron chi connectivity index (χ2n) is 3.67. The molecule has 0 saturated carbocycles. The predicted molar refractivity (Wildman–Crippen MR) is 77.3 cm³/mol. The molecular formula is C14H18OS2. The Balaban J connectivity index is 0.000000239. The number of thiophene rings is 2. The molecule has 0 amide bonds. The standard InChI is InChI=1S/C10H14OS.C4H4S/c1-2-3-4-5-9-6-7-10(8-11)12-9;1-2-4-5-3-1/h6-8H,2-5H2,1H3;1-4H. The molecule has 1 nitrogen and oxygen atoms in total. The Hall–Kier alpha value is -0.930. The molecule has 0 aromatic carbocycles. The number of hydrogen-bond acceptors (Lipinski definition) is 3. The van der Waals surface area contributed by atoms with Gasteiger partial charge in [0.05, 0.1) is 4.88 Å². The van der Waals surface area contributed by atoms with Gasteiger partial charge in [-0.2, -0.15) is 11.3 Å².